The molecule has 2 amide bonds. The van der Waals surface area contributed by atoms with Gasteiger partial charge in [-0.1, -0.05) is 12.1 Å². The number of imidazole rings is 1. The van der Waals surface area contributed by atoms with Gasteiger partial charge in [0.2, 0.25) is 11.8 Å². The number of hydrogen-bond donors (Lipinski definition) is 2. The van der Waals surface area contributed by atoms with E-state index >= 15 is 0 Å². The van der Waals surface area contributed by atoms with E-state index in [1.165, 1.54) is 18.2 Å². The predicted molar refractivity (Wildman–Crippen MR) is 100 cm³/mol. The fraction of sp³-hybridized carbons (Fsp3) is 0.500. The van der Waals surface area contributed by atoms with Crippen LogP contribution in [0.4, 0.5) is 0 Å². The molecule has 7 heteroatoms. The van der Waals surface area contributed by atoms with Crippen LogP contribution in [0, 0.1) is 0 Å². The zero-order valence-electron chi connectivity index (χ0n) is 14.5. The molecular weight excluding hydrogens is 336 g/mol. The average Bonchev–Trinajstić information content (AvgIpc) is 3.06. The van der Waals surface area contributed by atoms with Gasteiger partial charge in [0.25, 0.3) is 0 Å². The fourth-order valence-corrected chi connectivity index (χ4v) is 3.72. The summed E-state index contributed by atoms with van der Waals surface area (Å²) in [5.41, 5.74) is 1.85. The van der Waals surface area contributed by atoms with Gasteiger partial charge in [-0.05, 0) is 38.3 Å². The van der Waals surface area contributed by atoms with E-state index in [-0.39, 0.29) is 23.6 Å². The lowest BCUT2D eigenvalue weighted by atomic mass is 10.1. The first-order valence-electron chi connectivity index (χ1n) is 8.73. The molecule has 6 nitrogen and oxygen atoms in total. The van der Waals surface area contributed by atoms with Crippen LogP contribution < -0.4 is 5.32 Å². The smallest absolute Gasteiger partial charge is 0.232 e. The van der Waals surface area contributed by atoms with Gasteiger partial charge in [-0.2, -0.15) is 0 Å². The molecule has 0 bridgehead atoms. The van der Waals surface area contributed by atoms with Gasteiger partial charge in [0.15, 0.2) is 0 Å². The minimum atomic E-state index is -0.196. The lowest BCUT2D eigenvalue weighted by Crippen LogP contribution is -2.37. The van der Waals surface area contributed by atoms with Crippen LogP contribution in [0.5, 0.6) is 0 Å². The van der Waals surface area contributed by atoms with Gasteiger partial charge in [-0.25, -0.2) is 4.98 Å². The quantitative estimate of drug-likeness (QED) is 0.830. The Morgan fingerprint density at radius 3 is 2.76 bits per heavy atom. The number of aromatic nitrogens is 2. The summed E-state index contributed by atoms with van der Waals surface area (Å²) >= 11 is 1.37. The van der Waals surface area contributed by atoms with Crippen LogP contribution in [0.3, 0.4) is 0 Å². The summed E-state index contributed by atoms with van der Waals surface area (Å²) in [6.45, 7) is 3.61. The van der Waals surface area contributed by atoms with Crippen molar-refractivity contribution >= 4 is 34.6 Å². The van der Waals surface area contributed by atoms with Gasteiger partial charge in [-0.3, -0.25) is 9.59 Å². The van der Waals surface area contributed by atoms with Crippen molar-refractivity contribution in [2.75, 3.05) is 24.6 Å². The van der Waals surface area contributed by atoms with E-state index in [0.29, 0.717) is 5.75 Å². The third-order valence-corrected chi connectivity index (χ3v) is 5.28. The van der Waals surface area contributed by atoms with E-state index in [4.69, 9.17) is 0 Å². The van der Waals surface area contributed by atoms with E-state index in [9.17, 15) is 9.59 Å². The number of nitrogens with zero attached hydrogens (tertiary/aromatic N) is 2. The molecular formula is C18H24N4O2S. The van der Waals surface area contributed by atoms with E-state index < -0.39 is 0 Å². The van der Waals surface area contributed by atoms with Gasteiger partial charge in [0, 0.05) is 13.1 Å². The molecule has 0 spiro atoms. The van der Waals surface area contributed by atoms with E-state index in [2.05, 4.69) is 15.3 Å². The van der Waals surface area contributed by atoms with Crippen molar-refractivity contribution in [1.29, 1.82) is 0 Å². The number of thioether (sulfide) groups is 1. The monoisotopic (exact) mass is 360 g/mol. The maximum Gasteiger partial charge on any atom is 0.232 e. The highest BCUT2D eigenvalue weighted by Crippen LogP contribution is 2.16. The molecule has 1 fully saturated rings. The number of piperidine rings is 1. The van der Waals surface area contributed by atoms with Crippen LogP contribution in [0.1, 0.15) is 38.1 Å². The summed E-state index contributed by atoms with van der Waals surface area (Å²) in [4.78, 5) is 33.8. The second-order valence-corrected chi connectivity index (χ2v) is 7.35. The number of H-pyrrole nitrogens is 1. The lowest BCUT2D eigenvalue weighted by Gasteiger charge is -2.26. The van der Waals surface area contributed by atoms with Crippen LogP contribution >= 0.6 is 11.8 Å². The minimum Gasteiger partial charge on any atom is -0.346 e. The molecule has 1 aromatic heterocycles. The van der Waals surface area contributed by atoms with E-state index in [1.807, 2.05) is 36.1 Å². The Balaban J connectivity index is 1.43. The molecule has 3 rings (SSSR count). The van der Waals surface area contributed by atoms with Gasteiger partial charge < -0.3 is 15.2 Å². The number of nitrogens with one attached hydrogen (secondary N) is 2. The number of rotatable bonds is 6. The Labute approximate surface area is 151 Å². The molecule has 0 unspecified atom stereocenters. The zero-order chi connectivity index (χ0) is 17.6. The maximum atomic E-state index is 12.1. The molecule has 0 radical (unpaired) electrons. The first-order chi connectivity index (χ1) is 12.1. The SMILES string of the molecule is C[C@H](NC(=O)CSCC(=O)N1CCCCC1)c1nc2ccccc2[nH]1. The molecule has 1 saturated heterocycles. The van der Waals surface area contributed by atoms with Crippen LogP contribution in [0.15, 0.2) is 24.3 Å². The summed E-state index contributed by atoms with van der Waals surface area (Å²) in [6, 6.07) is 7.59. The summed E-state index contributed by atoms with van der Waals surface area (Å²) < 4.78 is 0. The second-order valence-electron chi connectivity index (χ2n) is 6.36. The average molecular weight is 360 g/mol. The number of carbonyl (C=O) groups is 2. The van der Waals surface area contributed by atoms with Crippen LogP contribution in [0.2, 0.25) is 0 Å². The highest BCUT2D eigenvalue weighted by molar-refractivity contribution is 8.00. The largest absolute Gasteiger partial charge is 0.346 e. The molecule has 25 heavy (non-hydrogen) atoms. The van der Waals surface area contributed by atoms with Crippen LogP contribution in [-0.4, -0.2) is 51.3 Å². The normalized spacial score (nSPS) is 16.0. The molecule has 2 heterocycles. The van der Waals surface area contributed by atoms with Crippen molar-refractivity contribution in [2.45, 2.75) is 32.2 Å². The molecule has 2 aromatic rings. The molecule has 0 aliphatic carbocycles. The number of likely N-dealkylation sites (tertiary alicyclic amines) is 1. The molecule has 1 aliphatic rings. The van der Waals surface area contributed by atoms with Crippen molar-refractivity contribution in [3.63, 3.8) is 0 Å². The van der Waals surface area contributed by atoms with Crippen molar-refractivity contribution in [2.24, 2.45) is 0 Å². The maximum absolute atomic E-state index is 12.1. The first kappa shape index (κ1) is 17.8. The summed E-state index contributed by atoms with van der Waals surface area (Å²) in [6.07, 6.45) is 3.39. The lowest BCUT2D eigenvalue weighted by molar-refractivity contribution is -0.129. The summed E-state index contributed by atoms with van der Waals surface area (Å²) in [5, 5.41) is 2.93. The fourth-order valence-electron chi connectivity index (χ4n) is 2.99. The van der Waals surface area contributed by atoms with Crippen molar-refractivity contribution in [3.05, 3.63) is 30.1 Å². The zero-order valence-corrected chi connectivity index (χ0v) is 15.3. The minimum absolute atomic E-state index is 0.0793. The first-order valence-corrected chi connectivity index (χ1v) is 9.88. The molecule has 1 aromatic carbocycles. The second kappa shape index (κ2) is 8.38. The van der Waals surface area contributed by atoms with Gasteiger partial charge in [0.05, 0.1) is 28.6 Å². The number of aromatic amines is 1. The van der Waals surface area contributed by atoms with Crippen molar-refractivity contribution in [1.82, 2.24) is 20.2 Å². The van der Waals surface area contributed by atoms with Crippen molar-refractivity contribution in [3.8, 4) is 0 Å². The number of amides is 2. The number of benzene rings is 1. The number of fused-ring (bicyclic) bond motifs is 1. The van der Waals surface area contributed by atoms with Crippen molar-refractivity contribution < 1.29 is 9.59 Å². The Kier molecular flexibility index (Phi) is 5.96. The van der Waals surface area contributed by atoms with E-state index in [0.717, 1.165) is 42.8 Å². The molecule has 0 saturated carbocycles. The molecule has 1 aliphatic heterocycles. The Morgan fingerprint density at radius 1 is 1.24 bits per heavy atom. The highest BCUT2D eigenvalue weighted by Gasteiger charge is 2.17. The summed E-state index contributed by atoms with van der Waals surface area (Å²) in [7, 11) is 0. The standard InChI is InChI=1S/C18H24N4O2S/c1-13(18-20-14-7-3-4-8-15(14)21-18)19-16(23)11-25-12-17(24)22-9-5-2-6-10-22/h3-4,7-8,13H,2,5-6,9-12H2,1H3,(H,19,23)(H,20,21)/t13-/m0/s1. The number of para-hydroxylation sites is 2. The Morgan fingerprint density at radius 2 is 2.00 bits per heavy atom. The highest BCUT2D eigenvalue weighted by atomic mass is 32.2. The van der Waals surface area contributed by atoms with Crippen LogP contribution in [0.25, 0.3) is 11.0 Å². The number of carbonyl (C=O) groups excluding carboxylic acids is 2. The third kappa shape index (κ3) is 4.75. The van der Waals surface area contributed by atoms with E-state index in [1.54, 1.807) is 0 Å². The summed E-state index contributed by atoms with van der Waals surface area (Å²) in [5.74, 6) is 1.45. The third-order valence-electron chi connectivity index (χ3n) is 4.36. The molecule has 2 N–H and O–H groups in total. The Bertz CT molecular complexity index is 707. The molecule has 1 atom stereocenters. The topological polar surface area (TPSA) is 78.1 Å². The molecule has 134 valence electrons. The van der Waals surface area contributed by atoms with Crippen LogP contribution in [-0.2, 0) is 9.59 Å². The van der Waals surface area contributed by atoms with Gasteiger partial charge in [0.1, 0.15) is 5.82 Å². The predicted octanol–water partition coefficient (Wildman–Crippen LogP) is 2.49. The number of hydrogen-bond acceptors (Lipinski definition) is 4. The van der Waals surface area contributed by atoms with Gasteiger partial charge in [-0.15, -0.1) is 11.8 Å². The van der Waals surface area contributed by atoms with Gasteiger partial charge >= 0.3 is 0 Å². The Hall–Kier alpha value is -2.02.